The zero-order chi connectivity index (χ0) is 21.8. The molecule has 9 atom stereocenters. The number of aliphatic hydroxyl groups is 1. The fourth-order valence-electron chi connectivity index (χ4n) is 8.13. The van der Waals surface area contributed by atoms with Crippen molar-refractivity contribution >= 4 is 29.1 Å². The summed E-state index contributed by atoms with van der Waals surface area (Å²) in [5.74, 6) is -0.238. The second-order valence-electron chi connectivity index (χ2n) is 10.6. The van der Waals surface area contributed by atoms with Crippen LogP contribution in [0.3, 0.4) is 0 Å². The highest BCUT2D eigenvalue weighted by atomic mass is 35.5. The Morgan fingerprint density at radius 1 is 1.23 bits per heavy atom. The summed E-state index contributed by atoms with van der Waals surface area (Å²) in [6.45, 7) is 6.98. The Kier molecular flexibility index (Phi) is 4.14. The van der Waals surface area contributed by atoms with E-state index in [1.54, 1.807) is 6.08 Å². The molecule has 30 heavy (non-hydrogen) atoms. The predicted molar refractivity (Wildman–Crippen MR) is 110 cm³/mol. The number of hydrogen-bond donors (Lipinski definition) is 1. The van der Waals surface area contributed by atoms with Crippen LogP contribution in [0.15, 0.2) is 22.8 Å². The molecule has 5 aliphatic rings. The Labute approximate surface area is 181 Å². The second kappa shape index (κ2) is 6.07. The number of rotatable bonds is 2. The molecule has 0 unspecified atom stereocenters. The van der Waals surface area contributed by atoms with Crippen LogP contribution in [-0.4, -0.2) is 34.3 Å². The first-order chi connectivity index (χ1) is 14.0. The molecule has 0 saturated heterocycles. The van der Waals surface area contributed by atoms with Gasteiger partial charge in [0.1, 0.15) is 0 Å². The molecule has 0 amide bonds. The van der Waals surface area contributed by atoms with Crippen molar-refractivity contribution in [1.82, 2.24) is 0 Å². The largest absolute Gasteiger partial charge is 0.451 e. The van der Waals surface area contributed by atoms with E-state index in [0.29, 0.717) is 17.9 Å². The van der Waals surface area contributed by atoms with Crippen molar-refractivity contribution in [2.45, 2.75) is 65.1 Å². The molecule has 5 nitrogen and oxygen atoms in total. The zero-order valence-corrected chi connectivity index (χ0v) is 18.7. The Balaban J connectivity index is 1.64. The quantitative estimate of drug-likeness (QED) is 0.674. The number of fused-ring (bicyclic) bond motifs is 7. The smallest absolute Gasteiger partial charge is 0.303 e. The van der Waals surface area contributed by atoms with E-state index in [-0.39, 0.29) is 46.6 Å². The van der Waals surface area contributed by atoms with Crippen LogP contribution < -0.4 is 0 Å². The Morgan fingerprint density at radius 2 is 1.93 bits per heavy atom. The third-order valence-electron chi connectivity index (χ3n) is 9.44. The van der Waals surface area contributed by atoms with Gasteiger partial charge in [0.05, 0.1) is 6.10 Å². The molecular weight excluding hydrogens is 404 g/mol. The standard InChI is InChI=1S/C24H29ClO5/c1-11(26)24(30-12(2)27)6-5-15-14-8-18(25)17-9-19(28)13-7-16(13)23(17,4)21(14)20(29)10-22(15,24)3/h8-9,13-16,20-21,29H,5-7,10H2,1-4H3/t13-,14+,15+,16+,20+,21-,22+,23+,24+/m1/s1. The number of aliphatic hydroxyl groups excluding tert-OH is 1. The first-order valence-corrected chi connectivity index (χ1v) is 11.4. The van der Waals surface area contributed by atoms with E-state index in [1.807, 2.05) is 13.0 Å². The molecule has 3 saturated carbocycles. The molecule has 0 radical (unpaired) electrons. The van der Waals surface area contributed by atoms with E-state index in [0.717, 1.165) is 18.4 Å². The maximum atomic E-state index is 12.8. The Bertz CT molecular complexity index is 936. The van der Waals surface area contributed by atoms with E-state index in [1.165, 1.54) is 13.8 Å². The molecule has 0 aromatic heterocycles. The van der Waals surface area contributed by atoms with Gasteiger partial charge in [0.25, 0.3) is 0 Å². The number of Topliss-reactive ketones (excluding diaryl/α,β-unsaturated/α-hetero) is 1. The van der Waals surface area contributed by atoms with Crippen LogP contribution in [0.2, 0.25) is 0 Å². The van der Waals surface area contributed by atoms with Crippen LogP contribution in [0.5, 0.6) is 0 Å². The van der Waals surface area contributed by atoms with Gasteiger partial charge in [-0.15, -0.1) is 0 Å². The minimum Gasteiger partial charge on any atom is -0.451 e. The van der Waals surface area contributed by atoms with Gasteiger partial charge >= 0.3 is 5.97 Å². The third kappa shape index (κ3) is 2.26. The molecule has 0 aliphatic heterocycles. The summed E-state index contributed by atoms with van der Waals surface area (Å²) in [6.07, 6.45) is 5.48. The van der Waals surface area contributed by atoms with E-state index in [4.69, 9.17) is 16.3 Å². The van der Waals surface area contributed by atoms with Gasteiger partial charge in [-0.3, -0.25) is 14.4 Å². The first kappa shape index (κ1) is 20.4. The van der Waals surface area contributed by atoms with Crippen LogP contribution in [0, 0.1) is 40.4 Å². The lowest BCUT2D eigenvalue weighted by molar-refractivity contribution is -0.194. The number of carbonyl (C=O) groups is 3. The first-order valence-electron chi connectivity index (χ1n) is 11.0. The minimum absolute atomic E-state index is 0.0281. The molecule has 0 aromatic carbocycles. The zero-order valence-electron chi connectivity index (χ0n) is 17.9. The number of hydrogen-bond acceptors (Lipinski definition) is 5. The van der Waals surface area contributed by atoms with Gasteiger partial charge in [0, 0.05) is 34.6 Å². The van der Waals surface area contributed by atoms with E-state index >= 15 is 0 Å². The van der Waals surface area contributed by atoms with Crippen LogP contribution in [0.1, 0.15) is 53.4 Å². The van der Waals surface area contributed by atoms with Gasteiger partial charge in [0.15, 0.2) is 17.2 Å². The molecule has 0 heterocycles. The van der Waals surface area contributed by atoms with Gasteiger partial charge in [0.2, 0.25) is 0 Å². The number of carbonyl (C=O) groups excluding carboxylic acids is 3. The van der Waals surface area contributed by atoms with Crippen LogP contribution in [0.25, 0.3) is 0 Å². The monoisotopic (exact) mass is 432 g/mol. The second-order valence-corrected chi connectivity index (χ2v) is 11.0. The fourth-order valence-corrected chi connectivity index (χ4v) is 8.54. The lowest BCUT2D eigenvalue weighted by Gasteiger charge is -2.59. The van der Waals surface area contributed by atoms with Gasteiger partial charge in [-0.2, -0.15) is 0 Å². The normalized spacial score (nSPS) is 50.9. The number of esters is 1. The van der Waals surface area contributed by atoms with Crippen molar-refractivity contribution in [3.63, 3.8) is 0 Å². The van der Waals surface area contributed by atoms with Gasteiger partial charge in [-0.1, -0.05) is 31.5 Å². The maximum absolute atomic E-state index is 12.8. The summed E-state index contributed by atoms with van der Waals surface area (Å²) in [4.78, 5) is 37.2. The fraction of sp³-hybridized carbons (Fsp3) is 0.708. The summed E-state index contributed by atoms with van der Waals surface area (Å²) >= 11 is 6.76. The molecule has 0 spiro atoms. The summed E-state index contributed by atoms with van der Waals surface area (Å²) in [6, 6.07) is 0. The Morgan fingerprint density at radius 3 is 2.57 bits per heavy atom. The van der Waals surface area contributed by atoms with Gasteiger partial charge in [-0.05, 0) is 62.0 Å². The van der Waals surface area contributed by atoms with E-state index in [2.05, 4.69) is 6.92 Å². The maximum Gasteiger partial charge on any atom is 0.303 e. The highest BCUT2D eigenvalue weighted by Gasteiger charge is 2.72. The lowest BCUT2D eigenvalue weighted by Crippen LogP contribution is -2.62. The summed E-state index contributed by atoms with van der Waals surface area (Å²) in [5, 5.41) is 12.1. The van der Waals surface area contributed by atoms with Gasteiger partial charge in [-0.25, -0.2) is 0 Å². The summed E-state index contributed by atoms with van der Waals surface area (Å²) in [5.41, 5.74) is -1.35. The topological polar surface area (TPSA) is 80.7 Å². The Hall–Kier alpha value is -1.46. The highest BCUT2D eigenvalue weighted by Crippen LogP contribution is 2.72. The van der Waals surface area contributed by atoms with Crippen LogP contribution in [0.4, 0.5) is 0 Å². The molecule has 3 fully saturated rings. The number of ketones is 2. The summed E-state index contributed by atoms with van der Waals surface area (Å²) in [7, 11) is 0. The van der Waals surface area contributed by atoms with Crippen molar-refractivity contribution in [2.75, 3.05) is 0 Å². The van der Waals surface area contributed by atoms with Crippen molar-refractivity contribution < 1.29 is 24.2 Å². The van der Waals surface area contributed by atoms with Crippen molar-refractivity contribution in [3.8, 4) is 0 Å². The van der Waals surface area contributed by atoms with Crippen molar-refractivity contribution in [2.24, 2.45) is 40.4 Å². The molecule has 0 aromatic rings. The number of halogens is 1. The van der Waals surface area contributed by atoms with Gasteiger partial charge < -0.3 is 9.84 Å². The number of ether oxygens (including phenoxy) is 1. The summed E-state index contributed by atoms with van der Waals surface area (Å²) < 4.78 is 5.75. The molecule has 0 bridgehead atoms. The average molecular weight is 433 g/mol. The average Bonchev–Trinajstić information content (AvgIpc) is 3.39. The SMILES string of the molecule is CC(=O)O[C@]1(C(C)=O)CC[C@H]2[C@@H]3C=C(Cl)C4=CC(=O)[C@@H]5C[C@@H]5[C@]4(C)[C@H]3[C@@H](O)C[C@@]21C. The van der Waals surface area contributed by atoms with Crippen molar-refractivity contribution in [1.29, 1.82) is 0 Å². The molecule has 6 heteroatoms. The predicted octanol–water partition coefficient (Wildman–Crippen LogP) is 3.58. The van der Waals surface area contributed by atoms with E-state index < -0.39 is 23.1 Å². The van der Waals surface area contributed by atoms with E-state index in [9.17, 15) is 19.5 Å². The van der Waals surface area contributed by atoms with Crippen LogP contribution >= 0.6 is 11.6 Å². The molecule has 162 valence electrons. The highest BCUT2D eigenvalue weighted by molar-refractivity contribution is 6.32. The van der Waals surface area contributed by atoms with Crippen LogP contribution in [-0.2, 0) is 19.1 Å². The lowest BCUT2D eigenvalue weighted by atomic mass is 9.46. The molecule has 5 aliphatic carbocycles. The van der Waals surface area contributed by atoms with Crippen molar-refractivity contribution in [3.05, 3.63) is 22.8 Å². The molecule has 5 rings (SSSR count). The molecular formula is C24H29ClO5. The number of allylic oxidation sites excluding steroid dienone is 4. The third-order valence-corrected chi connectivity index (χ3v) is 9.77. The minimum atomic E-state index is -1.21. The molecule has 1 N–H and O–H groups in total.